The summed E-state index contributed by atoms with van der Waals surface area (Å²) >= 11 is 0. The Labute approximate surface area is 118 Å². The number of nitrogens with one attached hydrogen (secondary N) is 1. The molecule has 1 aromatic carbocycles. The molecule has 0 bridgehead atoms. The van der Waals surface area contributed by atoms with Gasteiger partial charge in [-0.25, -0.2) is 5.43 Å². The monoisotopic (exact) mass is 275 g/mol. The second-order valence-electron chi connectivity index (χ2n) is 4.95. The zero-order valence-corrected chi connectivity index (χ0v) is 12.0. The summed E-state index contributed by atoms with van der Waals surface area (Å²) in [6, 6.07) is 7.56. The molecule has 1 atom stereocenters. The molecule has 2 aromatic rings. The fraction of sp³-hybridized carbons (Fsp3) is 0.357. The van der Waals surface area contributed by atoms with Crippen LogP contribution in [0, 0.1) is 0 Å². The molecule has 0 aliphatic rings. The Bertz CT molecular complexity index is 579. The molecule has 1 heterocycles. The molecule has 1 aromatic heterocycles. The number of nitrogen functional groups attached to an aromatic ring is 1. The van der Waals surface area contributed by atoms with Crippen LogP contribution >= 0.6 is 0 Å². The molecule has 6 heteroatoms. The third-order valence-corrected chi connectivity index (χ3v) is 3.06. The molecule has 5 N–H and O–H groups in total. The van der Waals surface area contributed by atoms with Crippen molar-refractivity contribution in [3.63, 3.8) is 0 Å². The molecule has 0 aliphatic heterocycles. The summed E-state index contributed by atoms with van der Waals surface area (Å²) in [7, 11) is 1.80. The topological polar surface area (TPSA) is 91.1 Å². The summed E-state index contributed by atoms with van der Waals surface area (Å²) in [5.74, 6) is 7.07. The van der Waals surface area contributed by atoms with Crippen molar-refractivity contribution in [2.75, 3.05) is 5.73 Å². The first-order valence-electron chi connectivity index (χ1n) is 6.53. The van der Waals surface area contributed by atoms with E-state index < -0.39 is 0 Å². The van der Waals surface area contributed by atoms with Crippen molar-refractivity contribution in [3.8, 4) is 5.75 Å². The van der Waals surface area contributed by atoms with E-state index >= 15 is 0 Å². The van der Waals surface area contributed by atoms with Crippen LogP contribution in [0.3, 0.4) is 0 Å². The summed E-state index contributed by atoms with van der Waals surface area (Å²) in [5, 5.41) is 4.15. The SMILES string of the molecule is CC(C)Oc1cccc(C(NN)c2cnn(C)c2N)c1. The highest BCUT2D eigenvalue weighted by Crippen LogP contribution is 2.28. The summed E-state index contributed by atoms with van der Waals surface area (Å²) in [6.45, 7) is 3.98. The number of hydrogen-bond donors (Lipinski definition) is 3. The number of hydrogen-bond acceptors (Lipinski definition) is 5. The van der Waals surface area contributed by atoms with E-state index in [0.717, 1.165) is 16.9 Å². The highest BCUT2D eigenvalue weighted by molar-refractivity contribution is 5.46. The minimum atomic E-state index is -0.223. The summed E-state index contributed by atoms with van der Waals surface area (Å²) in [5.41, 5.74) is 10.6. The van der Waals surface area contributed by atoms with E-state index in [1.54, 1.807) is 17.9 Å². The van der Waals surface area contributed by atoms with E-state index in [4.69, 9.17) is 16.3 Å². The van der Waals surface area contributed by atoms with Crippen molar-refractivity contribution < 1.29 is 4.74 Å². The number of benzene rings is 1. The molecule has 0 saturated carbocycles. The van der Waals surface area contributed by atoms with Gasteiger partial charge in [0.05, 0.1) is 18.3 Å². The molecule has 0 spiro atoms. The van der Waals surface area contributed by atoms with Crippen LogP contribution in [0.2, 0.25) is 0 Å². The lowest BCUT2D eigenvalue weighted by molar-refractivity contribution is 0.242. The standard InChI is InChI=1S/C14H21N5O/c1-9(2)20-11-6-4-5-10(7-11)13(18-16)12-8-17-19(3)14(12)15/h4-9,13,18H,15-16H2,1-3H3. The van der Waals surface area contributed by atoms with E-state index in [1.165, 1.54) is 0 Å². The molecular formula is C14H21N5O. The molecule has 20 heavy (non-hydrogen) atoms. The van der Waals surface area contributed by atoms with Gasteiger partial charge in [-0.15, -0.1) is 0 Å². The van der Waals surface area contributed by atoms with E-state index in [2.05, 4.69) is 10.5 Å². The van der Waals surface area contributed by atoms with Gasteiger partial charge in [-0.2, -0.15) is 5.10 Å². The predicted octanol–water partition coefficient (Wildman–Crippen LogP) is 1.34. The lowest BCUT2D eigenvalue weighted by atomic mass is 10.0. The predicted molar refractivity (Wildman–Crippen MR) is 79.0 cm³/mol. The number of hydrazine groups is 1. The number of rotatable bonds is 5. The Morgan fingerprint density at radius 1 is 1.35 bits per heavy atom. The number of ether oxygens (including phenoxy) is 1. The lowest BCUT2D eigenvalue weighted by Crippen LogP contribution is -2.29. The van der Waals surface area contributed by atoms with Gasteiger partial charge in [-0.05, 0) is 31.5 Å². The Kier molecular flexibility index (Phi) is 4.26. The van der Waals surface area contributed by atoms with Crippen LogP contribution < -0.4 is 21.7 Å². The number of nitrogens with two attached hydrogens (primary N) is 2. The van der Waals surface area contributed by atoms with Crippen molar-refractivity contribution >= 4 is 5.82 Å². The van der Waals surface area contributed by atoms with Gasteiger partial charge in [0.25, 0.3) is 0 Å². The summed E-state index contributed by atoms with van der Waals surface area (Å²) in [4.78, 5) is 0. The number of aryl methyl sites for hydroxylation is 1. The molecule has 0 fully saturated rings. The number of aromatic nitrogens is 2. The van der Waals surface area contributed by atoms with E-state index in [1.807, 2.05) is 38.1 Å². The average Bonchev–Trinajstić information content (AvgIpc) is 2.72. The molecule has 0 aliphatic carbocycles. The maximum atomic E-state index is 6.01. The third kappa shape index (κ3) is 2.92. The van der Waals surface area contributed by atoms with Gasteiger partial charge >= 0.3 is 0 Å². The second-order valence-corrected chi connectivity index (χ2v) is 4.95. The largest absolute Gasteiger partial charge is 0.491 e. The molecule has 1 unspecified atom stereocenters. The van der Waals surface area contributed by atoms with Crippen molar-refractivity contribution in [2.45, 2.75) is 26.0 Å². The molecule has 0 saturated heterocycles. The molecule has 0 amide bonds. The number of anilines is 1. The fourth-order valence-corrected chi connectivity index (χ4v) is 2.09. The van der Waals surface area contributed by atoms with Crippen molar-refractivity contribution in [1.29, 1.82) is 0 Å². The van der Waals surface area contributed by atoms with Crippen LogP contribution in [-0.2, 0) is 7.05 Å². The second kappa shape index (κ2) is 5.94. The van der Waals surface area contributed by atoms with Gasteiger partial charge in [0.2, 0.25) is 0 Å². The van der Waals surface area contributed by atoms with E-state index in [9.17, 15) is 0 Å². The molecule has 6 nitrogen and oxygen atoms in total. The summed E-state index contributed by atoms with van der Waals surface area (Å²) in [6.07, 6.45) is 1.84. The van der Waals surface area contributed by atoms with Gasteiger partial charge in [-0.3, -0.25) is 10.5 Å². The van der Waals surface area contributed by atoms with Crippen LogP contribution in [0.4, 0.5) is 5.82 Å². The first kappa shape index (κ1) is 14.4. The van der Waals surface area contributed by atoms with Gasteiger partial charge in [0, 0.05) is 12.6 Å². The van der Waals surface area contributed by atoms with Gasteiger partial charge < -0.3 is 10.5 Å². The highest BCUT2D eigenvalue weighted by atomic mass is 16.5. The molecule has 2 rings (SSSR count). The molecule has 0 radical (unpaired) electrons. The quantitative estimate of drug-likeness (QED) is 0.566. The van der Waals surface area contributed by atoms with Crippen LogP contribution in [0.1, 0.15) is 31.0 Å². The maximum absolute atomic E-state index is 6.01. The van der Waals surface area contributed by atoms with Gasteiger partial charge in [-0.1, -0.05) is 12.1 Å². The Morgan fingerprint density at radius 3 is 2.65 bits per heavy atom. The first-order valence-corrected chi connectivity index (χ1v) is 6.53. The van der Waals surface area contributed by atoms with Crippen LogP contribution in [0.5, 0.6) is 5.75 Å². The average molecular weight is 275 g/mol. The van der Waals surface area contributed by atoms with Crippen molar-refractivity contribution in [3.05, 3.63) is 41.6 Å². The minimum absolute atomic E-state index is 0.123. The minimum Gasteiger partial charge on any atom is -0.491 e. The van der Waals surface area contributed by atoms with E-state index in [-0.39, 0.29) is 12.1 Å². The fourth-order valence-electron chi connectivity index (χ4n) is 2.09. The van der Waals surface area contributed by atoms with Crippen molar-refractivity contribution in [1.82, 2.24) is 15.2 Å². The first-order chi connectivity index (χ1) is 9.52. The lowest BCUT2D eigenvalue weighted by Gasteiger charge is -2.18. The van der Waals surface area contributed by atoms with E-state index in [0.29, 0.717) is 5.82 Å². The Morgan fingerprint density at radius 2 is 2.10 bits per heavy atom. The van der Waals surface area contributed by atoms with Gasteiger partial charge in [0.15, 0.2) is 0 Å². The number of nitrogens with zero attached hydrogens (tertiary/aromatic N) is 2. The smallest absolute Gasteiger partial charge is 0.126 e. The van der Waals surface area contributed by atoms with Gasteiger partial charge in [0.1, 0.15) is 11.6 Å². The zero-order chi connectivity index (χ0) is 14.7. The normalized spacial score (nSPS) is 12.7. The third-order valence-electron chi connectivity index (χ3n) is 3.06. The zero-order valence-electron chi connectivity index (χ0n) is 12.0. The Hall–Kier alpha value is -2.05. The van der Waals surface area contributed by atoms with Crippen LogP contribution in [0.15, 0.2) is 30.5 Å². The maximum Gasteiger partial charge on any atom is 0.126 e. The Balaban J connectivity index is 2.34. The van der Waals surface area contributed by atoms with Crippen LogP contribution in [-0.4, -0.2) is 15.9 Å². The van der Waals surface area contributed by atoms with Crippen LogP contribution in [0.25, 0.3) is 0 Å². The van der Waals surface area contributed by atoms with Crippen molar-refractivity contribution in [2.24, 2.45) is 12.9 Å². The summed E-state index contributed by atoms with van der Waals surface area (Å²) < 4.78 is 7.32. The molecular weight excluding hydrogens is 254 g/mol. The highest BCUT2D eigenvalue weighted by Gasteiger charge is 2.18. The molecule has 108 valence electrons.